The maximum Gasteiger partial charge on any atom is 0.319 e. The fraction of sp³-hybridized carbons (Fsp3) is 0.350. The van der Waals surface area contributed by atoms with Crippen LogP contribution in [-0.2, 0) is 0 Å². The Morgan fingerprint density at radius 1 is 1.16 bits per heavy atom. The largest absolute Gasteiger partial charge is 0.487 e. The van der Waals surface area contributed by atoms with Gasteiger partial charge in [-0.3, -0.25) is 0 Å². The lowest BCUT2D eigenvalue weighted by atomic mass is 9.83. The van der Waals surface area contributed by atoms with Crippen LogP contribution in [0.25, 0.3) is 0 Å². The lowest BCUT2D eigenvalue weighted by Crippen LogP contribution is -2.45. The van der Waals surface area contributed by atoms with Crippen molar-refractivity contribution in [3.8, 4) is 5.75 Å². The number of fused-ring (bicyclic) bond motifs is 1. The van der Waals surface area contributed by atoms with Gasteiger partial charge in [0.15, 0.2) is 0 Å². The number of amides is 2. The lowest BCUT2D eigenvalue weighted by Gasteiger charge is -2.41. The van der Waals surface area contributed by atoms with Crippen molar-refractivity contribution in [2.75, 3.05) is 5.32 Å². The zero-order chi connectivity index (χ0) is 17.9. The first-order chi connectivity index (χ1) is 12.0. The van der Waals surface area contributed by atoms with Crippen LogP contribution in [0.15, 0.2) is 48.5 Å². The molecule has 2 aromatic rings. The van der Waals surface area contributed by atoms with Crippen LogP contribution in [0.4, 0.5) is 10.5 Å². The quantitative estimate of drug-likeness (QED) is 0.753. The fourth-order valence-electron chi connectivity index (χ4n) is 3.29. The third kappa shape index (κ3) is 3.90. The van der Waals surface area contributed by atoms with Crippen molar-refractivity contribution < 1.29 is 9.53 Å². The first kappa shape index (κ1) is 17.6. The van der Waals surface area contributed by atoms with Crippen LogP contribution in [-0.4, -0.2) is 11.6 Å². The fourth-order valence-corrected chi connectivity index (χ4v) is 3.41. The second kappa shape index (κ2) is 7.36. The highest BCUT2D eigenvalue weighted by Crippen LogP contribution is 2.42. The van der Waals surface area contributed by atoms with Crippen molar-refractivity contribution in [1.29, 1.82) is 0 Å². The summed E-state index contributed by atoms with van der Waals surface area (Å²) in [7, 11) is 0. The lowest BCUT2D eigenvalue weighted by molar-refractivity contribution is 0.0247. The molecule has 0 fully saturated rings. The molecule has 2 N–H and O–H groups in total. The Labute approximate surface area is 153 Å². The molecule has 25 heavy (non-hydrogen) atoms. The van der Waals surface area contributed by atoms with Gasteiger partial charge < -0.3 is 15.4 Å². The van der Waals surface area contributed by atoms with E-state index in [1.807, 2.05) is 24.3 Å². The number of rotatable bonds is 4. The monoisotopic (exact) mass is 358 g/mol. The minimum absolute atomic E-state index is 0.0860. The van der Waals surface area contributed by atoms with Gasteiger partial charge in [-0.15, -0.1) is 0 Å². The molecular formula is C20H23ClN2O2. The number of para-hydroxylation sites is 1. The van der Waals surface area contributed by atoms with Gasteiger partial charge in [-0.05, 0) is 43.2 Å². The Kier molecular flexibility index (Phi) is 5.19. The van der Waals surface area contributed by atoms with Crippen LogP contribution in [0.2, 0.25) is 5.02 Å². The summed E-state index contributed by atoms with van der Waals surface area (Å²) in [6, 6.07) is 14.7. The summed E-state index contributed by atoms with van der Waals surface area (Å²) in [5.74, 6) is 0.856. The van der Waals surface area contributed by atoms with E-state index in [1.54, 1.807) is 24.3 Å². The highest BCUT2D eigenvalue weighted by molar-refractivity contribution is 6.30. The van der Waals surface area contributed by atoms with Crippen LogP contribution in [0.1, 0.15) is 44.7 Å². The molecule has 0 aliphatic carbocycles. The van der Waals surface area contributed by atoms with Gasteiger partial charge >= 0.3 is 6.03 Å². The first-order valence-corrected chi connectivity index (χ1v) is 9.04. The van der Waals surface area contributed by atoms with Crippen molar-refractivity contribution in [3.63, 3.8) is 0 Å². The molecule has 4 nitrogen and oxygen atoms in total. The topological polar surface area (TPSA) is 50.4 Å². The van der Waals surface area contributed by atoms with E-state index in [2.05, 4.69) is 24.5 Å². The van der Waals surface area contributed by atoms with E-state index in [4.69, 9.17) is 16.3 Å². The number of benzene rings is 2. The van der Waals surface area contributed by atoms with Crippen LogP contribution in [0, 0.1) is 0 Å². The minimum atomic E-state index is -0.243. The molecule has 2 aromatic carbocycles. The van der Waals surface area contributed by atoms with Crippen molar-refractivity contribution >= 4 is 23.3 Å². The number of carbonyl (C=O) groups is 1. The molecule has 1 atom stereocenters. The third-order valence-corrected chi connectivity index (χ3v) is 5.15. The van der Waals surface area contributed by atoms with Crippen LogP contribution in [0.5, 0.6) is 5.75 Å². The number of nitrogens with one attached hydrogen (secondary N) is 2. The van der Waals surface area contributed by atoms with E-state index >= 15 is 0 Å². The highest BCUT2D eigenvalue weighted by atomic mass is 35.5. The maximum absolute atomic E-state index is 12.5. The predicted molar refractivity (Wildman–Crippen MR) is 101 cm³/mol. The molecule has 1 heterocycles. The SMILES string of the molecule is CCC1(CC)C[C@H](NC(=O)Nc2ccc(Cl)cc2)c2ccccc2O1. The summed E-state index contributed by atoms with van der Waals surface area (Å²) in [5, 5.41) is 6.60. The molecule has 0 bridgehead atoms. The number of carbonyl (C=O) groups excluding carboxylic acids is 1. The van der Waals surface area contributed by atoms with Gasteiger partial charge in [-0.1, -0.05) is 43.6 Å². The van der Waals surface area contributed by atoms with E-state index in [0.29, 0.717) is 10.7 Å². The minimum Gasteiger partial charge on any atom is -0.487 e. The van der Waals surface area contributed by atoms with Gasteiger partial charge in [0.05, 0.1) is 6.04 Å². The molecule has 0 unspecified atom stereocenters. The zero-order valence-electron chi connectivity index (χ0n) is 14.5. The van der Waals surface area contributed by atoms with Crippen molar-refractivity contribution in [3.05, 3.63) is 59.1 Å². The Bertz CT molecular complexity index is 742. The second-order valence-corrected chi connectivity index (χ2v) is 6.83. The van der Waals surface area contributed by atoms with Gasteiger partial charge in [0, 0.05) is 22.7 Å². The normalized spacial score (nSPS) is 18.0. The molecule has 1 aliphatic rings. The molecule has 0 saturated carbocycles. The van der Waals surface area contributed by atoms with E-state index < -0.39 is 0 Å². The van der Waals surface area contributed by atoms with Crippen molar-refractivity contribution in [2.24, 2.45) is 0 Å². The number of hydrogen-bond acceptors (Lipinski definition) is 2. The highest BCUT2D eigenvalue weighted by Gasteiger charge is 2.38. The summed E-state index contributed by atoms with van der Waals surface area (Å²) in [4.78, 5) is 12.5. The summed E-state index contributed by atoms with van der Waals surface area (Å²) >= 11 is 5.88. The molecule has 132 valence electrons. The van der Waals surface area contributed by atoms with Crippen molar-refractivity contribution in [1.82, 2.24) is 5.32 Å². The summed E-state index contributed by atoms with van der Waals surface area (Å²) in [6.45, 7) is 4.25. The van der Waals surface area contributed by atoms with Gasteiger partial charge in [0.2, 0.25) is 0 Å². The third-order valence-electron chi connectivity index (χ3n) is 4.89. The number of anilines is 1. The average molecular weight is 359 g/mol. The summed E-state index contributed by atoms with van der Waals surface area (Å²) < 4.78 is 6.27. The Balaban J connectivity index is 1.78. The van der Waals surface area contributed by atoms with E-state index in [1.165, 1.54) is 0 Å². The van der Waals surface area contributed by atoms with Crippen LogP contribution >= 0.6 is 11.6 Å². The number of halogens is 1. The first-order valence-electron chi connectivity index (χ1n) is 8.66. The van der Waals surface area contributed by atoms with E-state index in [9.17, 15) is 4.79 Å². The molecule has 1 aliphatic heterocycles. The molecule has 0 spiro atoms. The smallest absolute Gasteiger partial charge is 0.319 e. The standard InChI is InChI=1S/C20H23ClN2O2/c1-3-20(4-2)13-17(16-7-5-6-8-18(16)25-20)23-19(24)22-15-11-9-14(21)10-12-15/h5-12,17H,3-4,13H2,1-2H3,(H2,22,23,24)/t17-/m0/s1. The summed E-state index contributed by atoms with van der Waals surface area (Å²) in [6.07, 6.45) is 2.55. The summed E-state index contributed by atoms with van der Waals surface area (Å²) in [5.41, 5.74) is 1.48. The maximum atomic E-state index is 12.5. The molecule has 0 saturated heterocycles. The molecular weight excluding hydrogens is 336 g/mol. The van der Waals surface area contributed by atoms with E-state index in [0.717, 1.165) is 30.6 Å². The van der Waals surface area contributed by atoms with Gasteiger partial charge in [0.1, 0.15) is 11.4 Å². The molecule has 0 radical (unpaired) electrons. The van der Waals surface area contributed by atoms with Gasteiger partial charge in [-0.25, -0.2) is 4.79 Å². The van der Waals surface area contributed by atoms with Gasteiger partial charge in [-0.2, -0.15) is 0 Å². The number of hydrogen-bond donors (Lipinski definition) is 2. The molecule has 0 aromatic heterocycles. The zero-order valence-corrected chi connectivity index (χ0v) is 15.3. The molecule has 3 rings (SSSR count). The van der Waals surface area contributed by atoms with Crippen LogP contribution < -0.4 is 15.4 Å². The average Bonchev–Trinajstić information content (AvgIpc) is 2.63. The Morgan fingerprint density at radius 3 is 2.52 bits per heavy atom. The molecule has 2 amide bonds. The second-order valence-electron chi connectivity index (χ2n) is 6.39. The number of urea groups is 1. The number of ether oxygens (including phenoxy) is 1. The Morgan fingerprint density at radius 2 is 1.84 bits per heavy atom. The molecule has 5 heteroatoms. The Hall–Kier alpha value is -2.20. The van der Waals surface area contributed by atoms with Gasteiger partial charge in [0.25, 0.3) is 0 Å². The van der Waals surface area contributed by atoms with Crippen LogP contribution in [0.3, 0.4) is 0 Å². The van der Waals surface area contributed by atoms with Crippen molar-refractivity contribution in [2.45, 2.75) is 44.8 Å². The van der Waals surface area contributed by atoms with E-state index in [-0.39, 0.29) is 17.7 Å². The predicted octanol–water partition coefficient (Wildman–Crippen LogP) is 5.54.